The van der Waals surface area contributed by atoms with Crippen molar-refractivity contribution in [1.82, 2.24) is 9.78 Å². The third-order valence-corrected chi connectivity index (χ3v) is 1.74. The van der Waals surface area contributed by atoms with Gasteiger partial charge in [0.15, 0.2) is 0 Å². The van der Waals surface area contributed by atoms with Gasteiger partial charge in [-0.2, -0.15) is 5.10 Å². The topological polar surface area (TPSA) is 43.8 Å². The summed E-state index contributed by atoms with van der Waals surface area (Å²) in [6, 6.07) is 2.07. The van der Waals surface area contributed by atoms with E-state index < -0.39 is 0 Å². The third-order valence-electron chi connectivity index (χ3n) is 1.74. The number of aryl methyl sites for hydroxylation is 2. The Morgan fingerprint density at radius 3 is 2.82 bits per heavy atom. The molecule has 0 amide bonds. The summed E-state index contributed by atoms with van der Waals surface area (Å²) in [6.07, 6.45) is 2.24. The van der Waals surface area contributed by atoms with Gasteiger partial charge in [-0.1, -0.05) is 13.3 Å². The molecule has 0 saturated heterocycles. The van der Waals surface area contributed by atoms with Crippen molar-refractivity contribution in [2.75, 3.05) is 0 Å². The number of nitrogens with two attached hydrogens (primary N) is 1. The van der Waals surface area contributed by atoms with E-state index in [1.54, 1.807) is 0 Å². The summed E-state index contributed by atoms with van der Waals surface area (Å²) in [6.45, 7) is 2.70. The molecular weight excluding hydrogens is 138 g/mol. The van der Waals surface area contributed by atoms with E-state index >= 15 is 0 Å². The Labute approximate surface area is 67.2 Å². The second-order valence-corrected chi connectivity index (χ2v) is 2.70. The number of hydrogen-bond donors (Lipinski definition) is 1. The molecule has 0 aromatic carbocycles. The Hall–Kier alpha value is -0.830. The second kappa shape index (κ2) is 3.53. The summed E-state index contributed by atoms with van der Waals surface area (Å²) in [5, 5.41) is 4.24. The Bertz CT molecular complexity index is 227. The van der Waals surface area contributed by atoms with Gasteiger partial charge in [0.1, 0.15) is 0 Å². The van der Waals surface area contributed by atoms with Crippen LogP contribution < -0.4 is 5.73 Å². The molecule has 3 nitrogen and oxygen atoms in total. The van der Waals surface area contributed by atoms with Crippen LogP contribution in [0.1, 0.15) is 24.7 Å². The van der Waals surface area contributed by atoms with Crippen molar-refractivity contribution in [3.8, 4) is 0 Å². The molecule has 62 valence electrons. The first kappa shape index (κ1) is 8.27. The molecular formula is C8H15N3. The lowest BCUT2D eigenvalue weighted by molar-refractivity contribution is 0.686. The highest BCUT2D eigenvalue weighted by Crippen LogP contribution is 2.04. The zero-order valence-corrected chi connectivity index (χ0v) is 7.17. The zero-order chi connectivity index (χ0) is 8.27. The average molecular weight is 153 g/mol. The van der Waals surface area contributed by atoms with E-state index in [1.807, 2.05) is 11.7 Å². The van der Waals surface area contributed by atoms with Gasteiger partial charge >= 0.3 is 0 Å². The number of nitrogens with zero attached hydrogens (tertiary/aromatic N) is 2. The minimum Gasteiger partial charge on any atom is -0.325 e. The normalized spacial score (nSPS) is 10.5. The van der Waals surface area contributed by atoms with Crippen molar-refractivity contribution in [3.05, 3.63) is 17.5 Å². The maximum absolute atomic E-state index is 5.45. The molecule has 0 aliphatic rings. The van der Waals surface area contributed by atoms with Crippen LogP contribution >= 0.6 is 0 Å². The standard InChI is InChI=1S/C8H15N3/c1-3-4-8-5-7(6-9)10-11(8)2/h5H,3-4,6,9H2,1-2H3. The fourth-order valence-electron chi connectivity index (χ4n) is 1.16. The Morgan fingerprint density at radius 2 is 2.36 bits per heavy atom. The van der Waals surface area contributed by atoms with E-state index in [0.29, 0.717) is 6.54 Å². The largest absolute Gasteiger partial charge is 0.325 e. The van der Waals surface area contributed by atoms with Crippen molar-refractivity contribution in [2.24, 2.45) is 12.8 Å². The van der Waals surface area contributed by atoms with E-state index in [2.05, 4.69) is 18.1 Å². The lowest BCUT2D eigenvalue weighted by Gasteiger charge is -1.96. The monoisotopic (exact) mass is 153 g/mol. The second-order valence-electron chi connectivity index (χ2n) is 2.70. The fourth-order valence-corrected chi connectivity index (χ4v) is 1.16. The van der Waals surface area contributed by atoms with Gasteiger partial charge in [-0.05, 0) is 12.5 Å². The molecule has 0 aliphatic heterocycles. The van der Waals surface area contributed by atoms with Crippen LogP contribution in [0.2, 0.25) is 0 Å². The Morgan fingerprint density at radius 1 is 1.64 bits per heavy atom. The van der Waals surface area contributed by atoms with Gasteiger partial charge in [-0.3, -0.25) is 4.68 Å². The first-order valence-electron chi connectivity index (χ1n) is 3.99. The first-order chi connectivity index (χ1) is 5.27. The van der Waals surface area contributed by atoms with Crippen molar-refractivity contribution in [1.29, 1.82) is 0 Å². The molecule has 0 fully saturated rings. The van der Waals surface area contributed by atoms with Crippen LogP contribution in [0.15, 0.2) is 6.07 Å². The first-order valence-corrected chi connectivity index (χ1v) is 3.99. The van der Waals surface area contributed by atoms with Crippen LogP contribution in [-0.2, 0) is 20.0 Å². The molecule has 0 radical (unpaired) electrons. The average Bonchev–Trinajstić information content (AvgIpc) is 2.33. The van der Waals surface area contributed by atoms with Crippen LogP contribution in [0.5, 0.6) is 0 Å². The molecule has 0 saturated carbocycles. The SMILES string of the molecule is CCCc1cc(CN)nn1C. The predicted molar refractivity (Wildman–Crippen MR) is 45.1 cm³/mol. The van der Waals surface area contributed by atoms with Crippen LogP contribution in [0.25, 0.3) is 0 Å². The lowest BCUT2D eigenvalue weighted by atomic mass is 10.2. The van der Waals surface area contributed by atoms with Crippen molar-refractivity contribution in [2.45, 2.75) is 26.3 Å². The van der Waals surface area contributed by atoms with Gasteiger partial charge in [0, 0.05) is 19.3 Å². The number of hydrogen-bond acceptors (Lipinski definition) is 2. The van der Waals surface area contributed by atoms with E-state index in [1.165, 1.54) is 5.69 Å². The Balaban J connectivity index is 2.79. The summed E-state index contributed by atoms with van der Waals surface area (Å²) in [5.41, 5.74) is 7.71. The molecule has 1 heterocycles. The summed E-state index contributed by atoms with van der Waals surface area (Å²) < 4.78 is 1.91. The van der Waals surface area contributed by atoms with Gasteiger partial charge in [0.2, 0.25) is 0 Å². The van der Waals surface area contributed by atoms with E-state index in [-0.39, 0.29) is 0 Å². The molecule has 0 spiro atoms. The maximum Gasteiger partial charge on any atom is 0.0763 e. The molecule has 1 rings (SSSR count). The fraction of sp³-hybridized carbons (Fsp3) is 0.625. The molecule has 2 N–H and O–H groups in total. The highest BCUT2D eigenvalue weighted by molar-refractivity contribution is 5.09. The maximum atomic E-state index is 5.45. The number of aromatic nitrogens is 2. The van der Waals surface area contributed by atoms with Crippen molar-refractivity contribution < 1.29 is 0 Å². The molecule has 0 unspecified atom stereocenters. The molecule has 3 heteroatoms. The summed E-state index contributed by atoms with van der Waals surface area (Å²) in [7, 11) is 1.96. The third kappa shape index (κ3) is 1.80. The molecule has 0 atom stereocenters. The van der Waals surface area contributed by atoms with Gasteiger partial charge in [0.25, 0.3) is 0 Å². The predicted octanol–water partition coefficient (Wildman–Crippen LogP) is 0.831. The minimum absolute atomic E-state index is 0.539. The summed E-state index contributed by atoms with van der Waals surface area (Å²) in [5.74, 6) is 0. The molecule has 1 aromatic rings. The van der Waals surface area contributed by atoms with Gasteiger partial charge < -0.3 is 5.73 Å². The quantitative estimate of drug-likeness (QED) is 0.699. The van der Waals surface area contributed by atoms with Gasteiger partial charge in [-0.15, -0.1) is 0 Å². The van der Waals surface area contributed by atoms with Gasteiger partial charge in [0.05, 0.1) is 5.69 Å². The van der Waals surface area contributed by atoms with E-state index in [9.17, 15) is 0 Å². The lowest BCUT2D eigenvalue weighted by Crippen LogP contribution is -1.99. The van der Waals surface area contributed by atoms with E-state index in [0.717, 1.165) is 18.5 Å². The highest BCUT2D eigenvalue weighted by Gasteiger charge is 2.01. The van der Waals surface area contributed by atoms with Gasteiger partial charge in [-0.25, -0.2) is 0 Å². The Kier molecular flexibility index (Phi) is 2.65. The minimum atomic E-state index is 0.539. The van der Waals surface area contributed by atoms with Crippen molar-refractivity contribution >= 4 is 0 Å². The zero-order valence-electron chi connectivity index (χ0n) is 7.17. The number of rotatable bonds is 3. The molecule has 1 aromatic heterocycles. The highest BCUT2D eigenvalue weighted by atomic mass is 15.3. The van der Waals surface area contributed by atoms with E-state index in [4.69, 9.17) is 5.73 Å². The van der Waals surface area contributed by atoms with Crippen molar-refractivity contribution in [3.63, 3.8) is 0 Å². The van der Waals surface area contributed by atoms with Crippen LogP contribution in [-0.4, -0.2) is 9.78 Å². The van der Waals surface area contributed by atoms with Crippen LogP contribution in [0.3, 0.4) is 0 Å². The molecule has 11 heavy (non-hydrogen) atoms. The van der Waals surface area contributed by atoms with Crippen LogP contribution in [0, 0.1) is 0 Å². The summed E-state index contributed by atoms with van der Waals surface area (Å²) in [4.78, 5) is 0. The van der Waals surface area contributed by atoms with Crippen LogP contribution in [0.4, 0.5) is 0 Å². The summed E-state index contributed by atoms with van der Waals surface area (Å²) >= 11 is 0. The molecule has 0 aliphatic carbocycles. The smallest absolute Gasteiger partial charge is 0.0763 e. The molecule has 0 bridgehead atoms.